The second kappa shape index (κ2) is 58.3. The Morgan fingerprint density at radius 3 is 1.03 bits per heavy atom. The van der Waals surface area contributed by atoms with E-state index in [0.717, 1.165) is 103 Å². The Labute approximate surface area is 480 Å². The molecule has 0 heterocycles. The van der Waals surface area contributed by atoms with Crippen LogP contribution in [0.3, 0.4) is 0 Å². The van der Waals surface area contributed by atoms with Gasteiger partial charge in [0.15, 0.2) is 6.10 Å². The third-order valence-corrected chi connectivity index (χ3v) is 14.3. The van der Waals surface area contributed by atoms with E-state index in [4.69, 9.17) is 18.5 Å². The largest absolute Gasteiger partial charge is 0.472 e. The summed E-state index contributed by atoms with van der Waals surface area (Å²) in [6.07, 6.45) is 81.9. The predicted octanol–water partition coefficient (Wildman–Crippen LogP) is 20.2. The molecule has 10 heteroatoms. The van der Waals surface area contributed by atoms with Crippen LogP contribution >= 0.6 is 7.82 Å². The zero-order valence-electron chi connectivity index (χ0n) is 50.9. The molecule has 0 saturated heterocycles. The van der Waals surface area contributed by atoms with E-state index in [9.17, 15) is 19.0 Å². The van der Waals surface area contributed by atoms with Gasteiger partial charge in [0, 0.05) is 12.8 Å². The average Bonchev–Trinajstić information content (AvgIpc) is 3.41. The van der Waals surface area contributed by atoms with Gasteiger partial charge in [0.2, 0.25) is 0 Å². The van der Waals surface area contributed by atoms with Crippen molar-refractivity contribution in [2.75, 3.05) is 47.5 Å². The van der Waals surface area contributed by atoms with Crippen LogP contribution in [-0.4, -0.2) is 74.9 Å². The molecule has 78 heavy (non-hydrogen) atoms. The Hall–Kier alpha value is -3.33. The lowest BCUT2D eigenvalue weighted by Crippen LogP contribution is -2.37. The number of hydrogen-bond donors (Lipinski definition) is 1. The highest BCUT2D eigenvalue weighted by atomic mass is 31.2. The topological polar surface area (TPSA) is 108 Å². The highest BCUT2D eigenvalue weighted by Gasteiger charge is 2.27. The molecule has 448 valence electrons. The van der Waals surface area contributed by atoms with E-state index < -0.39 is 26.5 Å². The van der Waals surface area contributed by atoms with Crippen molar-refractivity contribution >= 4 is 19.8 Å². The van der Waals surface area contributed by atoms with Gasteiger partial charge >= 0.3 is 19.8 Å². The Bertz CT molecular complexity index is 1680. The summed E-state index contributed by atoms with van der Waals surface area (Å²) in [6, 6.07) is 0. The van der Waals surface area contributed by atoms with E-state index in [1.54, 1.807) is 0 Å². The molecule has 2 unspecified atom stereocenters. The zero-order valence-corrected chi connectivity index (χ0v) is 51.8. The molecule has 2 atom stereocenters. The maximum atomic E-state index is 12.8. The van der Waals surface area contributed by atoms with Crippen LogP contribution < -0.4 is 0 Å². The van der Waals surface area contributed by atoms with Crippen LogP contribution in [0, 0.1) is 0 Å². The lowest BCUT2D eigenvalue weighted by Gasteiger charge is -2.24. The second-order valence-electron chi connectivity index (χ2n) is 22.0. The highest BCUT2D eigenvalue weighted by Crippen LogP contribution is 2.43. The molecule has 0 saturated carbocycles. The highest BCUT2D eigenvalue weighted by molar-refractivity contribution is 7.47. The molecule has 0 amide bonds. The summed E-state index contributed by atoms with van der Waals surface area (Å²) < 4.78 is 34.6. The first-order chi connectivity index (χ1) is 38.0. The summed E-state index contributed by atoms with van der Waals surface area (Å²) in [5.41, 5.74) is 0. The van der Waals surface area contributed by atoms with Gasteiger partial charge < -0.3 is 18.9 Å². The Balaban J connectivity index is 3.97. The number of carbonyl (C=O) groups is 2. The Kier molecular flexibility index (Phi) is 55.8. The molecule has 0 aromatic rings. The van der Waals surface area contributed by atoms with Crippen LogP contribution in [-0.2, 0) is 32.7 Å². The number of hydrogen-bond acceptors (Lipinski definition) is 7. The molecule has 1 N–H and O–H groups in total. The van der Waals surface area contributed by atoms with Gasteiger partial charge in [-0.3, -0.25) is 18.6 Å². The van der Waals surface area contributed by atoms with Gasteiger partial charge in [-0.05, 0) is 96.3 Å². The number of ether oxygens (including phenoxy) is 2. The number of esters is 2. The van der Waals surface area contributed by atoms with Crippen molar-refractivity contribution in [2.24, 2.45) is 0 Å². The van der Waals surface area contributed by atoms with Gasteiger partial charge in [-0.25, -0.2) is 4.57 Å². The molecular weight excluding hydrogens is 990 g/mol. The lowest BCUT2D eigenvalue weighted by molar-refractivity contribution is -0.870. The number of quaternary nitrogens is 1. The minimum atomic E-state index is -4.39. The van der Waals surface area contributed by atoms with Crippen molar-refractivity contribution in [1.29, 1.82) is 0 Å². The molecule has 0 aromatic heterocycles. The summed E-state index contributed by atoms with van der Waals surface area (Å²) in [4.78, 5) is 35.7. The molecule has 0 radical (unpaired) electrons. The Morgan fingerprint density at radius 2 is 0.692 bits per heavy atom. The number of unbranched alkanes of at least 4 members (excludes halogenated alkanes) is 25. The fraction of sp³-hybridized carbons (Fsp3) is 0.706. The second-order valence-corrected chi connectivity index (χ2v) is 23.5. The summed E-state index contributed by atoms with van der Waals surface area (Å²) in [6.45, 7) is 4.19. The standard InChI is InChI=1S/C68H118NO8P/c1-6-8-10-12-14-16-18-20-22-23-24-25-26-27-28-29-30-31-32-33-34-35-36-37-38-39-40-41-42-43-44-45-47-49-51-53-55-57-59-61-68(71)77-66(65-76-78(72,73)75-63-62-69(3,4)5)64-74-67(70)60-58-56-54-52-50-48-46-21-19-17-15-13-11-9-7-2/h8-11,14-17,20-22,24-25,27-28,30-31,46,66H,6-7,12-13,18-19,23,26,29,32-45,47-65H2,1-5H3/p+1/b10-8-,11-9-,16-14-,17-15-,22-20-,25-24-,28-27-,31-30-,46-21-. The normalized spacial score (nSPS) is 14.0. The predicted molar refractivity (Wildman–Crippen MR) is 335 cm³/mol. The maximum absolute atomic E-state index is 12.8. The quantitative estimate of drug-likeness (QED) is 0.0211. The van der Waals surface area contributed by atoms with Gasteiger partial charge in [-0.2, -0.15) is 0 Å². The zero-order chi connectivity index (χ0) is 57.0. The molecule has 9 nitrogen and oxygen atoms in total. The Morgan fingerprint density at radius 1 is 0.397 bits per heavy atom. The van der Waals surface area contributed by atoms with Crippen molar-refractivity contribution in [3.8, 4) is 0 Å². The molecule has 0 aliphatic carbocycles. The molecule has 0 rings (SSSR count). The van der Waals surface area contributed by atoms with E-state index >= 15 is 0 Å². The fourth-order valence-electron chi connectivity index (χ4n) is 8.51. The van der Waals surface area contributed by atoms with E-state index in [1.165, 1.54) is 116 Å². The molecule has 0 aromatic carbocycles. The monoisotopic (exact) mass is 1110 g/mol. The van der Waals surface area contributed by atoms with Crippen molar-refractivity contribution in [2.45, 2.75) is 264 Å². The third kappa shape index (κ3) is 61.9. The van der Waals surface area contributed by atoms with E-state index in [-0.39, 0.29) is 32.0 Å². The number of likely N-dealkylation sites (N-methyl/N-ethyl adjacent to an activating group) is 1. The van der Waals surface area contributed by atoms with Crippen LogP contribution in [0.4, 0.5) is 0 Å². The average molecular weight is 1110 g/mol. The number of rotatable bonds is 57. The summed E-state index contributed by atoms with van der Waals surface area (Å²) in [5, 5.41) is 0. The molecule has 0 spiro atoms. The van der Waals surface area contributed by atoms with Crippen molar-refractivity contribution in [1.82, 2.24) is 0 Å². The molecule has 0 aliphatic heterocycles. The number of nitrogens with zero attached hydrogens (tertiary/aromatic N) is 1. The van der Waals surface area contributed by atoms with Crippen LogP contribution in [0.25, 0.3) is 0 Å². The summed E-state index contributed by atoms with van der Waals surface area (Å²) in [7, 11) is 1.46. The summed E-state index contributed by atoms with van der Waals surface area (Å²) >= 11 is 0. The van der Waals surface area contributed by atoms with E-state index in [0.29, 0.717) is 23.9 Å². The van der Waals surface area contributed by atoms with Crippen LogP contribution in [0.1, 0.15) is 258 Å². The molecule has 0 aliphatic rings. The maximum Gasteiger partial charge on any atom is 0.472 e. The van der Waals surface area contributed by atoms with Crippen LogP contribution in [0.5, 0.6) is 0 Å². The van der Waals surface area contributed by atoms with Crippen molar-refractivity contribution < 1.29 is 42.1 Å². The number of carbonyl (C=O) groups excluding carboxylic acids is 2. The minimum absolute atomic E-state index is 0.0258. The van der Waals surface area contributed by atoms with Crippen LogP contribution in [0.15, 0.2) is 109 Å². The van der Waals surface area contributed by atoms with Crippen molar-refractivity contribution in [3.05, 3.63) is 109 Å². The van der Waals surface area contributed by atoms with Gasteiger partial charge in [0.1, 0.15) is 19.8 Å². The molecule has 0 bridgehead atoms. The smallest absolute Gasteiger partial charge is 0.462 e. The van der Waals surface area contributed by atoms with Crippen LogP contribution in [0.2, 0.25) is 0 Å². The van der Waals surface area contributed by atoms with Gasteiger partial charge in [-0.1, -0.05) is 258 Å². The first-order valence-electron chi connectivity index (χ1n) is 31.6. The van der Waals surface area contributed by atoms with E-state index in [2.05, 4.69) is 123 Å². The first-order valence-corrected chi connectivity index (χ1v) is 33.1. The fourth-order valence-corrected chi connectivity index (χ4v) is 9.25. The van der Waals surface area contributed by atoms with Gasteiger partial charge in [0.05, 0.1) is 27.7 Å². The first kappa shape index (κ1) is 74.7. The van der Waals surface area contributed by atoms with E-state index in [1.807, 2.05) is 21.1 Å². The summed E-state index contributed by atoms with van der Waals surface area (Å²) in [5.74, 6) is -0.815. The number of allylic oxidation sites excluding steroid dienone is 18. The van der Waals surface area contributed by atoms with Gasteiger partial charge in [-0.15, -0.1) is 0 Å². The number of phosphoric ester groups is 1. The van der Waals surface area contributed by atoms with Gasteiger partial charge in [0.25, 0.3) is 0 Å². The third-order valence-electron chi connectivity index (χ3n) is 13.3. The SMILES string of the molecule is CC/C=C\C/C=C\C/C=C\C/C=C\C/C=C\C/C=C\CCCCCCCCCCCCCCCCCCCCCCC(=O)OC(COC(=O)CCCCCCC/C=C\C/C=C\C/C=C\CC)COP(=O)(O)OCC[N+](C)(C)C. The lowest BCUT2D eigenvalue weighted by atomic mass is 10.0. The molecular formula is C68H119NO8P+. The molecule has 0 fully saturated rings. The minimum Gasteiger partial charge on any atom is -0.462 e. The van der Waals surface area contributed by atoms with Crippen molar-refractivity contribution in [3.63, 3.8) is 0 Å². The number of phosphoric acid groups is 1.